The van der Waals surface area contributed by atoms with Gasteiger partial charge >= 0.3 is 0 Å². The van der Waals surface area contributed by atoms with Gasteiger partial charge in [-0.15, -0.1) is 0 Å². The van der Waals surface area contributed by atoms with Crippen LogP contribution in [0.1, 0.15) is 33.6 Å². The molecule has 0 saturated heterocycles. The van der Waals surface area contributed by atoms with E-state index in [-0.39, 0.29) is 18.6 Å². The van der Waals surface area contributed by atoms with Crippen molar-refractivity contribution in [3.63, 3.8) is 0 Å². The smallest absolute Gasteiger partial charge is 0.233 e. The van der Waals surface area contributed by atoms with Gasteiger partial charge in [0.05, 0.1) is 6.54 Å². The van der Waals surface area contributed by atoms with Gasteiger partial charge in [0.25, 0.3) is 0 Å². The minimum Gasteiger partial charge on any atom is -0.396 e. The Morgan fingerprint density at radius 3 is 2.53 bits per heavy atom. The normalized spacial score (nSPS) is 12.9. The molecule has 1 unspecified atom stereocenters. The number of hydrogen-bond acceptors (Lipinski definition) is 3. The lowest BCUT2D eigenvalue weighted by molar-refractivity contribution is -0.120. The minimum atomic E-state index is 0.0279. The molecule has 0 aromatic rings. The molecule has 90 valence electrons. The fourth-order valence-electron chi connectivity index (χ4n) is 1.22. The molecule has 0 aromatic heterocycles. The van der Waals surface area contributed by atoms with Crippen LogP contribution in [-0.4, -0.2) is 36.8 Å². The maximum absolute atomic E-state index is 11.3. The first kappa shape index (κ1) is 14.4. The summed E-state index contributed by atoms with van der Waals surface area (Å²) in [5.41, 5.74) is 0. The lowest BCUT2D eigenvalue weighted by Crippen LogP contribution is -2.40. The predicted molar refractivity (Wildman–Crippen MR) is 61.6 cm³/mol. The molecule has 0 aliphatic rings. The molecule has 15 heavy (non-hydrogen) atoms. The predicted octanol–water partition coefficient (Wildman–Crippen LogP) is 0.509. The Balaban J connectivity index is 3.59. The Labute approximate surface area is 92.4 Å². The molecule has 0 aromatic carbocycles. The summed E-state index contributed by atoms with van der Waals surface area (Å²) in [6, 6.07) is 0.236. The SMILES string of the molecule is CCC(CCO)NCC(=O)NCC(C)C. The molecule has 3 N–H and O–H groups in total. The molecule has 0 aliphatic heterocycles. The maximum Gasteiger partial charge on any atom is 0.233 e. The van der Waals surface area contributed by atoms with Crippen LogP contribution in [0, 0.1) is 5.92 Å². The van der Waals surface area contributed by atoms with Crippen LogP contribution in [0.25, 0.3) is 0 Å². The fraction of sp³-hybridized carbons (Fsp3) is 0.909. The van der Waals surface area contributed by atoms with Gasteiger partial charge in [-0.05, 0) is 18.8 Å². The Hall–Kier alpha value is -0.610. The molecule has 1 atom stereocenters. The van der Waals surface area contributed by atoms with E-state index in [4.69, 9.17) is 5.11 Å². The highest BCUT2D eigenvalue weighted by molar-refractivity contribution is 5.77. The summed E-state index contributed by atoms with van der Waals surface area (Å²) in [6.45, 7) is 7.39. The Bertz CT molecular complexity index is 172. The second kappa shape index (κ2) is 8.68. The molecule has 0 fully saturated rings. The number of aliphatic hydroxyl groups excluding tert-OH is 1. The van der Waals surface area contributed by atoms with Gasteiger partial charge in [0.15, 0.2) is 0 Å². The van der Waals surface area contributed by atoms with Crippen LogP contribution < -0.4 is 10.6 Å². The van der Waals surface area contributed by atoms with Crippen molar-refractivity contribution in [2.45, 2.75) is 39.7 Å². The summed E-state index contributed by atoms with van der Waals surface area (Å²) in [6.07, 6.45) is 1.63. The molecule has 0 saturated carbocycles. The lowest BCUT2D eigenvalue weighted by atomic mass is 10.1. The van der Waals surface area contributed by atoms with Crippen molar-refractivity contribution < 1.29 is 9.90 Å². The van der Waals surface area contributed by atoms with Crippen LogP contribution in [-0.2, 0) is 4.79 Å². The van der Waals surface area contributed by atoms with Crippen molar-refractivity contribution >= 4 is 5.91 Å². The van der Waals surface area contributed by atoms with Gasteiger partial charge in [0.2, 0.25) is 5.91 Å². The monoisotopic (exact) mass is 216 g/mol. The summed E-state index contributed by atoms with van der Waals surface area (Å²) in [7, 11) is 0. The molecule has 4 nitrogen and oxygen atoms in total. The van der Waals surface area contributed by atoms with Crippen LogP contribution in [0.3, 0.4) is 0 Å². The molecule has 0 heterocycles. The van der Waals surface area contributed by atoms with E-state index in [9.17, 15) is 4.79 Å². The first-order valence-corrected chi connectivity index (χ1v) is 5.71. The number of hydrogen-bond donors (Lipinski definition) is 3. The average molecular weight is 216 g/mol. The topological polar surface area (TPSA) is 61.4 Å². The Kier molecular flexibility index (Phi) is 8.33. The summed E-state index contributed by atoms with van der Waals surface area (Å²) < 4.78 is 0. The molecule has 0 bridgehead atoms. The third-order valence-electron chi connectivity index (χ3n) is 2.23. The van der Waals surface area contributed by atoms with E-state index in [1.807, 2.05) is 6.92 Å². The molecule has 0 aliphatic carbocycles. The van der Waals surface area contributed by atoms with Crippen LogP contribution in [0.4, 0.5) is 0 Å². The summed E-state index contributed by atoms with van der Waals surface area (Å²) in [5, 5.41) is 14.7. The quantitative estimate of drug-likeness (QED) is 0.554. The number of rotatable bonds is 8. The summed E-state index contributed by atoms with van der Waals surface area (Å²) in [5.74, 6) is 0.508. The first-order valence-electron chi connectivity index (χ1n) is 5.71. The van der Waals surface area contributed by atoms with Crippen molar-refractivity contribution in [2.24, 2.45) is 5.92 Å². The van der Waals surface area contributed by atoms with E-state index in [0.717, 1.165) is 13.0 Å². The molecule has 0 rings (SSSR count). The second-order valence-corrected chi connectivity index (χ2v) is 4.20. The van der Waals surface area contributed by atoms with E-state index in [2.05, 4.69) is 24.5 Å². The van der Waals surface area contributed by atoms with Gasteiger partial charge in [0.1, 0.15) is 0 Å². The summed E-state index contributed by atoms with van der Waals surface area (Å²) in [4.78, 5) is 11.3. The molecule has 1 amide bonds. The number of carbonyl (C=O) groups excluding carboxylic acids is 1. The molecular formula is C11H24N2O2. The van der Waals surface area contributed by atoms with Crippen molar-refractivity contribution in [3.8, 4) is 0 Å². The Morgan fingerprint density at radius 1 is 1.40 bits per heavy atom. The molecular weight excluding hydrogens is 192 g/mol. The van der Waals surface area contributed by atoms with Crippen LogP contribution in [0.15, 0.2) is 0 Å². The van der Waals surface area contributed by atoms with Gasteiger partial charge in [-0.1, -0.05) is 20.8 Å². The molecule has 4 heteroatoms. The van der Waals surface area contributed by atoms with E-state index >= 15 is 0 Å². The average Bonchev–Trinajstić information content (AvgIpc) is 2.21. The highest BCUT2D eigenvalue weighted by Crippen LogP contribution is 1.95. The highest BCUT2D eigenvalue weighted by Gasteiger charge is 2.07. The van der Waals surface area contributed by atoms with Crippen molar-refractivity contribution in [1.29, 1.82) is 0 Å². The lowest BCUT2D eigenvalue weighted by Gasteiger charge is -2.15. The van der Waals surface area contributed by atoms with Gasteiger partial charge in [-0.2, -0.15) is 0 Å². The zero-order chi connectivity index (χ0) is 11.7. The number of aliphatic hydroxyl groups is 1. The first-order chi connectivity index (χ1) is 7.10. The van der Waals surface area contributed by atoms with Gasteiger partial charge in [-0.25, -0.2) is 0 Å². The second-order valence-electron chi connectivity index (χ2n) is 4.20. The van der Waals surface area contributed by atoms with E-state index in [1.165, 1.54) is 0 Å². The highest BCUT2D eigenvalue weighted by atomic mass is 16.3. The van der Waals surface area contributed by atoms with E-state index in [1.54, 1.807) is 0 Å². The van der Waals surface area contributed by atoms with Crippen molar-refractivity contribution in [3.05, 3.63) is 0 Å². The van der Waals surface area contributed by atoms with Gasteiger partial charge in [-0.3, -0.25) is 4.79 Å². The minimum absolute atomic E-state index is 0.0279. The van der Waals surface area contributed by atoms with Gasteiger partial charge in [0, 0.05) is 19.2 Å². The van der Waals surface area contributed by atoms with Crippen molar-refractivity contribution in [2.75, 3.05) is 19.7 Å². The fourth-order valence-corrected chi connectivity index (χ4v) is 1.22. The number of nitrogens with one attached hydrogen (secondary N) is 2. The zero-order valence-electron chi connectivity index (χ0n) is 10.0. The van der Waals surface area contributed by atoms with E-state index < -0.39 is 0 Å². The zero-order valence-corrected chi connectivity index (χ0v) is 10.0. The van der Waals surface area contributed by atoms with Crippen molar-refractivity contribution in [1.82, 2.24) is 10.6 Å². The molecule has 0 radical (unpaired) electrons. The van der Waals surface area contributed by atoms with Crippen LogP contribution >= 0.6 is 0 Å². The third-order valence-corrected chi connectivity index (χ3v) is 2.23. The van der Waals surface area contributed by atoms with E-state index in [0.29, 0.717) is 18.9 Å². The molecule has 0 spiro atoms. The van der Waals surface area contributed by atoms with Gasteiger partial charge < -0.3 is 15.7 Å². The summed E-state index contributed by atoms with van der Waals surface area (Å²) >= 11 is 0. The third kappa shape index (κ3) is 8.39. The van der Waals surface area contributed by atoms with Crippen LogP contribution in [0.2, 0.25) is 0 Å². The Morgan fingerprint density at radius 2 is 2.07 bits per heavy atom. The maximum atomic E-state index is 11.3. The number of amides is 1. The standard InChI is InChI=1S/C11H24N2O2/c1-4-10(5-6-14)12-8-11(15)13-7-9(2)3/h9-10,12,14H,4-8H2,1-3H3,(H,13,15). The van der Waals surface area contributed by atoms with Crippen LogP contribution in [0.5, 0.6) is 0 Å². The largest absolute Gasteiger partial charge is 0.396 e. The number of carbonyl (C=O) groups is 1.